The Morgan fingerprint density at radius 1 is 0.254 bits per heavy atom. The van der Waals surface area contributed by atoms with Crippen molar-refractivity contribution in [3.63, 3.8) is 0 Å². The smallest absolute Gasteiger partial charge is 0.0714 e. The quantitative estimate of drug-likeness (QED) is 0.161. The summed E-state index contributed by atoms with van der Waals surface area (Å²) in [5.74, 6) is 0. The minimum Gasteiger partial charge on any atom is -0.310 e. The van der Waals surface area contributed by atoms with Crippen LogP contribution in [0.2, 0.25) is 0 Å². The maximum absolute atomic E-state index is 2.55. The van der Waals surface area contributed by atoms with Crippen molar-refractivity contribution < 1.29 is 0 Å². The Kier molecular flexibility index (Phi) is 8.72. The Balaban J connectivity index is 0.974. The molecule has 340 valence electrons. The van der Waals surface area contributed by atoms with Gasteiger partial charge in [0.1, 0.15) is 0 Å². The van der Waals surface area contributed by atoms with Crippen molar-refractivity contribution in [3.8, 4) is 55.6 Å². The maximum atomic E-state index is 2.55. The molecule has 14 rings (SSSR count). The molecule has 0 fully saturated rings. The van der Waals surface area contributed by atoms with Crippen molar-refractivity contribution in [2.45, 2.75) is 63.2 Å². The van der Waals surface area contributed by atoms with Gasteiger partial charge in [0.05, 0.1) is 5.41 Å². The highest BCUT2D eigenvalue weighted by molar-refractivity contribution is 5.95. The average molecular weight is 910 g/mol. The summed E-state index contributed by atoms with van der Waals surface area (Å²) < 4.78 is 0. The predicted octanol–water partition coefficient (Wildman–Crippen LogP) is 18.1. The normalized spacial score (nSPS) is 15.9. The number of nitrogens with zero attached hydrogens (tertiary/aromatic N) is 1. The topological polar surface area (TPSA) is 3.24 Å². The molecule has 4 aliphatic rings. The van der Waals surface area contributed by atoms with E-state index < -0.39 is 5.41 Å². The van der Waals surface area contributed by atoms with Gasteiger partial charge in [-0.25, -0.2) is 0 Å². The second-order valence-electron chi connectivity index (χ2n) is 22.0. The molecule has 0 amide bonds. The lowest BCUT2D eigenvalue weighted by molar-refractivity contribution is 0.653. The van der Waals surface area contributed by atoms with Gasteiger partial charge >= 0.3 is 0 Å². The van der Waals surface area contributed by atoms with E-state index in [1.165, 1.54) is 111 Å². The molecule has 0 spiro atoms. The minimum absolute atomic E-state index is 0.0958. The van der Waals surface area contributed by atoms with Crippen molar-refractivity contribution in [1.29, 1.82) is 0 Å². The van der Waals surface area contributed by atoms with E-state index in [-0.39, 0.29) is 16.2 Å². The van der Waals surface area contributed by atoms with E-state index in [0.717, 1.165) is 17.1 Å². The van der Waals surface area contributed by atoms with Crippen LogP contribution >= 0.6 is 0 Å². The zero-order valence-corrected chi connectivity index (χ0v) is 41.3. The van der Waals surface area contributed by atoms with Crippen LogP contribution in [0.4, 0.5) is 17.1 Å². The standard InChI is InChI=1S/C70H55N/c1-67(2)59-31-18-16-28-52(59)56-39-47(35-38-60(56)67)71(49-33-36-53-51-27-17-19-32-61(51)70(65(53)41-49,45-23-12-8-13-24-45)46-25-14-9-15-26-46)48-34-37-54-57-42-64-58(43-63(57)68(3,4)62(54)40-48)55-30-20-29-50(66(55)69(64,5)6)44-21-10-7-11-22-44/h7-43H,1-6H3. The van der Waals surface area contributed by atoms with Crippen LogP contribution in [0.15, 0.2) is 224 Å². The highest BCUT2D eigenvalue weighted by Gasteiger charge is 2.47. The molecular weight excluding hydrogens is 855 g/mol. The SMILES string of the molecule is CC1(C)c2ccccc2-c2cc(N(c3ccc4c(c3)C(C)(C)c3cc5c(cc3-4)C(C)(C)c3c(-c4ccccc4)cccc3-5)c3ccc4c(c3)C(c3ccccc3)(c3ccccc3)c3ccccc3-4)ccc21. The van der Waals surface area contributed by atoms with Gasteiger partial charge in [-0.15, -0.1) is 0 Å². The van der Waals surface area contributed by atoms with Crippen LogP contribution < -0.4 is 4.90 Å². The highest BCUT2D eigenvalue weighted by atomic mass is 15.1. The molecule has 0 radical (unpaired) electrons. The summed E-state index contributed by atoms with van der Waals surface area (Å²) in [6, 6.07) is 85.2. The van der Waals surface area contributed by atoms with Crippen molar-refractivity contribution in [2.75, 3.05) is 4.90 Å². The van der Waals surface area contributed by atoms with E-state index in [9.17, 15) is 0 Å². The van der Waals surface area contributed by atoms with Gasteiger partial charge in [-0.3, -0.25) is 0 Å². The van der Waals surface area contributed by atoms with Crippen LogP contribution in [-0.2, 0) is 21.7 Å². The van der Waals surface area contributed by atoms with Crippen molar-refractivity contribution in [3.05, 3.63) is 280 Å². The summed E-state index contributed by atoms with van der Waals surface area (Å²) in [5, 5.41) is 0. The van der Waals surface area contributed by atoms with Crippen molar-refractivity contribution in [1.82, 2.24) is 0 Å². The molecule has 0 aliphatic heterocycles. The summed E-state index contributed by atoms with van der Waals surface area (Å²) >= 11 is 0. The van der Waals surface area contributed by atoms with Crippen LogP contribution in [0.1, 0.15) is 97.2 Å². The molecule has 4 aliphatic carbocycles. The van der Waals surface area contributed by atoms with Crippen LogP contribution in [0, 0.1) is 0 Å². The third kappa shape index (κ3) is 5.64. The monoisotopic (exact) mass is 909 g/mol. The first-order valence-electron chi connectivity index (χ1n) is 25.4. The molecule has 0 saturated heterocycles. The molecule has 71 heavy (non-hydrogen) atoms. The van der Waals surface area contributed by atoms with Gasteiger partial charge in [0.2, 0.25) is 0 Å². The number of rotatable bonds is 6. The van der Waals surface area contributed by atoms with Gasteiger partial charge < -0.3 is 4.90 Å². The minimum atomic E-state index is -0.521. The van der Waals surface area contributed by atoms with Crippen LogP contribution in [0.3, 0.4) is 0 Å². The molecule has 1 nitrogen and oxygen atoms in total. The summed E-state index contributed by atoms with van der Waals surface area (Å²) in [5.41, 5.74) is 29.1. The Hall–Kier alpha value is -8.00. The van der Waals surface area contributed by atoms with E-state index in [1.807, 2.05) is 0 Å². The first kappa shape index (κ1) is 41.9. The van der Waals surface area contributed by atoms with Crippen molar-refractivity contribution >= 4 is 17.1 Å². The van der Waals surface area contributed by atoms with E-state index in [2.05, 4.69) is 271 Å². The predicted molar refractivity (Wildman–Crippen MR) is 297 cm³/mol. The molecular formula is C70H55N. The van der Waals surface area contributed by atoms with Gasteiger partial charge in [-0.05, 0) is 160 Å². The summed E-state index contributed by atoms with van der Waals surface area (Å²) in [7, 11) is 0. The molecule has 0 heterocycles. The van der Waals surface area contributed by atoms with Gasteiger partial charge in [-0.1, -0.05) is 217 Å². The molecule has 0 saturated carbocycles. The fourth-order valence-corrected chi connectivity index (χ4v) is 14.0. The fraction of sp³-hybridized carbons (Fsp3) is 0.143. The lowest BCUT2D eigenvalue weighted by Crippen LogP contribution is -2.28. The van der Waals surface area contributed by atoms with Gasteiger partial charge in [0.15, 0.2) is 0 Å². The second-order valence-corrected chi connectivity index (χ2v) is 22.0. The Morgan fingerprint density at radius 2 is 0.662 bits per heavy atom. The first-order valence-corrected chi connectivity index (χ1v) is 25.4. The van der Waals surface area contributed by atoms with E-state index in [0.29, 0.717) is 0 Å². The molecule has 0 atom stereocenters. The van der Waals surface area contributed by atoms with Crippen LogP contribution in [0.5, 0.6) is 0 Å². The van der Waals surface area contributed by atoms with Gasteiger partial charge in [0, 0.05) is 33.3 Å². The lowest BCUT2D eigenvalue weighted by Gasteiger charge is -2.35. The van der Waals surface area contributed by atoms with E-state index in [4.69, 9.17) is 0 Å². The van der Waals surface area contributed by atoms with Gasteiger partial charge in [-0.2, -0.15) is 0 Å². The Morgan fingerprint density at radius 3 is 1.32 bits per heavy atom. The molecule has 10 aromatic carbocycles. The number of benzene rings is 10. The summed E-state index contributed by atoms with van der Waals surface area (Å²) in [4.78, 5) is 2.54. The summed E-state index contributed by atoms with van der Waals surface area (Å²) in [6.45, 7) is 14.5. The van der Waals surface area contributed by atoms with Crippen molar-refractivity contribution in [2.24, 2.45) is 0 Å². The van der Waals surface area contributed by atoms with E-state index >= 15 is 0 Å². The maximum Gasteiger partial charge on any atom is 0.0714 e. The van der Waals surface area contributed by atoms with Crippen LogP contribution in [0.25, 0.3) is 55.6 Å². The number of fused-ring (bicyclic) bond motifs is 12. The number of anilines is 3. The lowest BCUT2D eigenvalue weighted by atomic mass is 9.67. The molecule has 0 N–H and O–H groups in total. The second kappa shape index (κ2) is 14.8. The average Bonchev–Trinajstić information content (AvgIpc) is 4.00. The largest absolute Gasteiger partial charge is 0.310 e. The first-order chi connectivity index (χ1) is 34.5. The third-order valence-corrected chi connectivity index (χ3v) is 17.3. The molecule has 0 unspecified atom stereocenters. The molecule has 1 heteroatoms. The number of hydrogen-bond donors (Lipinski definition) is 0. The molecule has 0 aromatic heterocycles. The molecule has 0 bridgehead atoms. The fourth-order valence-electron chi connectivity index (χ4n) is 14.0. The number of hydrogen-bond acceptors (Lipinski definition) is 1. The highest BCUT2D eigenvalue weighted by Crippen LogP contribution is 2.61. The summed E-state index contributed by atoms with van der Waals surface area (Å²) in [6.07, 6.45) is 0. The zero-order valence-electron chi connectivity index (χ0n) is 41.3. The molecule has 10 aromatic rings. The zero-order chi connectivity index (χ0) is 48.0. The third-order valence-electron chi connectivity index (χ3n) is 17.3. The van der Waals surface area contributed by atoms with E-state index in [1.54, 1.807) is 0 Å². The Bertz CT molecular complexity index is 3790. The Labute approximate surface area is 418 Å². The van der Waals surface area contributed by atoms with Gasteiger partial charge in [0.25, 0.3) is 0 Å². The van der Waals surface area contributed by atoms with Crippen LogP contribution in [-0.4, -0.2) is 0 Å².